The van der Waals surface area contributed by atoms with E-state index in [9.17, 15) is 4.79 Å². The van der Waals surface area contributed by atoms with Gasteiger partial charge in [-0.1, -0.05) is 0 Å². The molecule has 0 spiro atoms. The van der Waals surface area contributed by atoms with E-state index in [1.807, 2.05) is 23.1 Å². The van der Waals surface area contributed by atoms with Crippen LogP contribution in [0.5, 0.6) is 5.88 Å². The molecule has 1 amide bonds. The summed E-state index contributed by atoms with van der Waals surface area (Å²) in [7, 11) is 1.61. The number of amides is 1. The van der Waals surface area contributed by atoms with Crippen molar-refractivity contribution >= 4 is 22.5 Å². The number of aromatic nitrogens is 4. The summed E-state index contributed by atoms with van der Waals surface area (Å²) in [5.74, 6) is 0.586. The molecule has 0 atom stereocenters. The Morgan fingerprint density at radius 2 is 2.04 bits per heavy atom. The van der Waals surface area contributed by atoms with Crippen LogP contribution in [0, 0.1) is 0 Å². The number of piperazine rings is 1. The van der Waals surface area contributed by atoms with Crippen LogP contribution >= 0.6 is 0 Å². The molecule has 3 heterocycles. The number of anilines is 1. The molecule has 0 bridgehead atoms. The normalized spacial score (nSPS) is 14.8. The average Bonchev–Trinajstić information content (AvgIpc) is 3.21. The Morgan fingerprint density at radius 1 is 1.20 bits per heavy atom. The molecule has 8 heteroatoms. The van der Waals surface area contributed by atoms with Gasteiger partial charge in [-0.3, -0.25) is 9.89 Å². The molecule has 2 aromatic heterocycles. The standard InChI is InChI=1S/C17H18N6O2/c1-25-16-14-8-13(2-3-15(14)18-11-19-16)22-4-6-23(7-5-22)17(24)12-9-20-21-10-12/h2-3,8-11H,4-7H2,1H3,(H,20,21). The number of benzene rings is 1. The van der Waals surface area contributed by atoms with Crippen molar-refractivity contribution in [1.82, 2.24) is 25.1 Å². The molecule has 0 radical (unpaired) electrons. The number of hydrogen-bond donors (Lipinski definition) is 1. The molecule has 1 aliphatic rings. The van der Waals surface area contributed by atoms with E-state index in [2.05, 4.69) is 25.1 Å². The third-order valence-corrected chi connectivity index (χ3v) is 4.45. The SMILES string of the molecule is COc1ncnc2ccc(N3CCN(C(=O)c4cn[nH]c4)CC3)cc12. The lowest BCUT2D eigenvalue weighted by Gasteiger charge is -2.36. The van der Waals surface area contributed by atoms with Crippen LogP contribution in [-0.2, 0) is 0 Å². The molecule has 128 valence electrons. The highest BCUT2D eigenvalue weighted by molar-refractivity contribution is 5.94. The summed E-state index contributed by atoms with van der Waals surface area (Å²) < 4.78 is 5.33. The van der Waals surface area contributed by atoms with Crippen molar-refractivity contribution in [3.05, 3.63) is 42.5 Å². The maximum atomic E-state index is 12.4. The average molecular weight is 338 g/mol. The number of ether oxygens (including phenoxy) is 1. The molecule has 1 aliphatic heterocycles. The Labute approximate surface area is 144 Å². The van der Waals surface area contributed by atoms with Crippen molar-refractivity contribution in [3.63, 3.8) is 0 Å². The monoisotopic (exact) mass is 338 g/mol. The van der Waals surface area contributed by atoms with Gasteiger partial charge in [0, 0.05) is 38.1 Å². The second kappa shape index (κ2) is 6.39. The fourth-order valence-corrected chi connectivity index (χ4v) is 3.10. The van der Waals surface area contributed by atoms with Gasteiger partial charge < -0.3 is 14.5 Å². The molecular weight excluding hydrogens is 320 g/mol. The van der Waals surface area contributed by atoms with Gasteiger partial charge in [-0.2, -0.15) is 5.10 Å². The minimum absolute atomic E-state index is 0.0157. The van der Waals surface area contributed by atoms with Crippen LogP contribution in [0.3, 0.4) is 0 Å². The van der Waals surface area contributed by atoms with E-state index in [1.54, 1.807) is 19.5 Å². The van der Waals surface area contributed by atoms with Gasteiger partial charge in [0.2, 0.25) is 5.88 Å². The Hall–Kier alpha value is -3.16. The fourth-order valence-electron chi connectivity index (χ4n) is 3.10. The summed E-state index contributed by atoms with van der Waals surface area (Å²) in [5, 5.41) is 7.41. The van der Waals surface area contributed by atoms with Gasteiger partial charge in [0.25, 0.3) is 5.91 Å². The Bertz CT molecular complexity index is 887. The Balaban J connectivity index is 1.51. The number of methoxy groups -OCH3 is 1. The number of aromatic amines is 1. The number of carbonyl (C=O) groups is 1. The molecular formula is C17H18N6O2. The number of rotatable bonds is 3. The third-order valence-electron chi connectivity index (χ3n) is 4.45. The van der Waals surface area contributed by atoms with E-state index in [0.717, 1.165) is 29.7 Å². The van der Waals surface area contributed by atoms with Gasteiger partial charge in [-0.25, -0.2) is 9.97 Å². The number of fused-ring (bicyclic) bond motifs is 1. The maximum Gasteiger partial charge on any atom is 0.257 e. The summed E-state index contributed by atoms with van der Waals surface area (Å²) in [6, 6.07) is 6.06. The quantitative estimate of drug-likeness (QED) is 0.775. The molecule has 1 fully saturated rings. The topological polar surface area (TPSA) is 87.2 Å². The van der Waals surface area contributed by atoms with Gasteiger partial charge >= 0.3 is 0 Å². The molecule has 8 nitrogen and oxygen atoms in total. The van der Waals surface area contributed by atoms with Crippen LogP contribution in [0.25, 0.3) is 10.9 Å². The van der Waals surface area contributed by atoms with Gasteiger partial charge in [0.1, 0.15) is 6.33 Å². The van der Waals surface area contributed by atoms with E-state index in [1.165, 1.54) is 6.33 Å². The lowest BCUT2D eigenvalue weighted by Crippen LogP contribution is -2.48. The van der Waals surface area contributed by atoms with E-state index >= 15 is 0 Å². The Kier molecular flexibility index (Phi) is 3.93. The molecule has 0 unspecified atom stereocenters. The van der Waals surface area contributed by atoms with E-state index in [0.29, 0.717) is 24.5 Å². The molecule has 1 aromatic carbocycles. The fraction of sp³-hybridized carbons (Fsp3) is 0.294. The summed E-state index contributed by atoms with van der Waals surface area (Å²) in [5.41, 5.74) is 2.53. The van der Waals surface area contributed by atoms with Crippen LogP contribution in [0.2, 0.25) is 0 Å². The summed E-state index contributed by atoms with van der Waals surface area (Å²) in [6.45, 7) is 2.88. The molecule has 4 rings (SSSR count). The first-order chi connectivity index (χ1) is 12.3. The van der Waals surface area contributed by atoms with Crippen molar-refractivity contribution < 1.29 is 9.53 Å². The summed E-state index contributed by atoms with van der Waals surface area (Å²) >= 11 is 0. The summed E-state index contributed by atoms with van der Waals surface area (Å²) in [4.78, 5) is 24.9. The zero-order valence-corrected chi connectivity index (χ0v) is 13.8. The third kappa shape index (κ3) is 2.86. The van der Waals surface area contributed by atoms with E-state index < -0.39 is 0 Å². The minimum atomic E-state index is 0.0157. The second-order valence-electron chi connectivity index (χ2n) is 5.85. The van der Waals surface area contributed by atoms with E-state index in [-0.39, 0.29) is 5.91 Å². The zero-order valence-electron chi connectivity index (χ0n) is 13.8. The maximum absolute atomic E-state index is 12.4. The highest BCUT2D eigenvalue weighted by Gasteiger charge is 2.23. The van der Waals surface area contributed by atoms with Crippen molar-refractivity contribution in [2.75, 3.05) is 38.2 Å². The predicted molar refractivity (Wildman–Crippen MR) is 92.8 cm³/mol. The van der Waals surface area contributed by atoms with Gasteiger partial charge in [-0.15, -0.1) is 0 Å². The first-order valence-electron chi connectivity index (χ1n) is 8.08. The highest BCUT2D eigenvalue weighted by Crippen LogP contribution is 2.27. The lowest BCUT2D eigenvalue weighted by molar-refractivity contribution is 0.0747. The number of hydrogen-bond acceptors (Lipinski definition) is 6. The smallest absolute Gasteiger partial charge is 0.257 e. The predicted octanol–water partition coefficient (Wildman–Crippen LogP) is 1.32. The molecule has 3 aromatic rings. The van der Waals surface area contributed by atoms with Crippen LogP contribution in [0.1, 0.15) is 10.4 Å². The number of H-pyrrole nitrogens is 1. The second-order valence-corrected chi connectivity index (χ2v) is 5.85. The molecule has 1 N–H and O–H groups in total. The van der Waals surface area contributed by atoms with Gasteiger partial charge in [-0.05, 0) is 18.2 Å². The van der Waals surface area contributed by atoms with Crippen LogP contribution < -0.4 is 9.64 Å². The summed E-state index contributed by atoms with van der Waals surface area (Å²) in [6.07, 6.45) is 4.69. The van der Waals surface area contributed by atoms with Crippen LogP contribution in [0.4, 0.5) is 5.69 Å². The van der Waals surface area contributed by atoms with E-state index in [4.69, 9.17) is 4.74 Å². The Morgan fingerprint density at radius 3 is 2.76 bits per heavy atom. The zero-order chi connectivity index (χ0) is 17.2. The van der Waals surface area contributed by atoms with Crippen LogP contribution in [0.15, 0.2) is 36.9 Å². The molecule has 0 saturated carbocycles. The first-order valence-corrected chi connectivity index (χ1v) is 8.08. The number of carbonyl (C=O) groups excluding carboxylic acids is 1. The number of nitrogens with zero attached hydrogens (tertiary/aromatic N) is 5. The largest absolute Gasteiger partial charge is 0.480 e. The van der Waals surface area contributed by atoms with Gasteiger partial charge in [0.05, 0.1) is 29.8 Å². The molecule has 25 heavy (non-hydrogen) atoms. The molecule has 0 aliphatic carbocycles. The number of nitrogens with one attached hydrogen (secondary N) is 1. The van der Waals surface area contributed by atoms with Crippen LogP contribution in [-0.4, -0.2) is 64.3 Å². The lowest BCUT2D eigenvalue weighted by atomic mass is 10.1. The minimum Gasteiger partial charge on any atom is -0.480 e. The highest BCUT2D eigenvalue weighted by atomic mass is 16.5. The van der Waals surface area contributed by atoms with Crippen molar-refractivity contribution in [2.45, 2.75) is 0 Å². The van der Waals surface area contributed by atoms with Crippen molar-refractivity contribution in [1.29, 1.82) is 0 Å². The van der Waals surface area contributed by atoms with Gasteiger partial charge in [0.15, 0.2) is 0 Å². The molecule has 1 saturated heterocycles. The van der Waals surface area contributed by atoms with Crippen molar-refractivity contribution in [2.24, 2.45) is 0 Å². The first kappa shape index (κ1) is 15.4. The van der Waals surface area contributed by atoms with Crippen molar-refractivity contribution in [3.8, 4) is 5.88 Å².